The number of terminal acetylenes is 1. The van der Waals surface area contributed by atoms with E-state index in [1.165, 1.54) is 35.8 Å². The third-order valence-corrected chi connectivity index (χ3v) is 9.13. The van der Waals surface area contributed by atoms with Gasteiger partial charge in [0.1, 0.15) is 5.03 Å². The number of nitrogens with zero attached hydrogens (tertiary/aromatic N) is 5. The van der Waals surface area contributed by atoms with Gasteiger partial charge >= 0.3 is 0 Å². The van der Waals surface area contributed by atoms with Gasteiger partial charge in [0, 0.05) is 66.2 Å². The molecule has 3 N–H and O–H groups in total. The van der Waals surface area contributed by atoms with Crippen LogP contribution in [0.25, 0.3) is 22.0 Å². The first-order valence-electron chi connectivity index (χ1n) is 11.9. The van der Waals surface area contributed by atoms with Gasteiger partial charge in [-0.05, 0) is 29.8 Å². The van der Waals surface area contributed by atoms with E-state index in [1.54, 1.807) is 30.3 Å². The van der Waals surface area contributed by atoms with Gasteiger partial charge in [-0.1, -0.05) is 5.92 Å². The van der Waals surface area contributed by atoms with Crippen LogP contribution in [0.5, 0.6) is 0 Å². The molecular weight excluding hydrogens is 558 g/mol. The van der Waals surface area contributed by atoms with Crippen molar-refractivity contribution in [1.82, 2.24) is 24.2 Å². The lowest BCUT2D eigenvalue weighted by Crippen LogP contribution is -2.59. The van der Waals surface area contributed by atoms with Crippen LogP contribution in [0.15, 0.2) is 66.2 Å². The lowest BCUT2D eigenvalue weighted by Gasteiger charge is -2.39. The molecule has 15 heteroatoms. The van der Waals surface area contributed by atoms with E-state index in [4.69, 9.17) is 11.6 Å². The molecule has 1 aliphatic heterocycles. The van der Waals surface area contributed by atoms with Crippen LogP contribution in [-0.4, -0.2) is 78.3 Å². The number of nitrogens with one attached hydrogen (secondary N) is 1. The number of sulfonamides is 2. The number of fused-ring (bicyclic) bond motifs is 1. The van der Waals surface area contributed by atoms with Gasteiger partial charge in [0.05, 0.1) is 11.8 Å². The van der Waals surface area contributed by atoms with Crippen LogP contribution in [0.4, 0.5) is 0 Å². The van der Waals surface area contributed by atoms with Gasteiger partial charge in [-0.2, -0.15) is 9.04 Å². The summed E-state index contributed by atoms with van der Waals surface area (Å²) in [5, 5.41) is 17.1. The molecule has 1 atom stereocenters. The minimum Gasteiger partial charge on any atom is -0.619 e. The molecule has 3 aromatic heterocycles. The molecule has 1 unspecified atom stereocenters. The molecule has 1 amide bonds. The van der Waals surface area contributed by atoms with Crippen LogP contribution in [0, 0.1) is 17.6 Å². The summed E-state index contributed by atoms with van der Waals surface area (Å²) in [6, 6.07) is 8.52. The van der Waals surface area contributed by atoms with Gasteiger partial charge in [0.15, 0.2) is 12.4 Å². The van der Waals surface area contributed by atoms with Crippen molar-refractivity contribution in [3.8, 4) is 23.5 Å². The molecule has 4 aromatic rings. The smallest absolute Gasteiger partial charge is 0.292 e. The maximum Gasteiger partial charge on any atom is 0.292 e. The SMILES string of the molecule is C#Cc1ccc2[nH]c(S(=O)(=O)N3CCN(C(=O)c4ncc(-c5cc[n+]([O-])cc5)cn4)C(CS(N)(=O)=O)C3)cc2c1. The summed E-state index contributed by atoms with van der Waals surface area (Å²) >= 11 is 0. The molecule has 0 saturated carbocycles. The zero-order chi connectivity index (χ0) is 28.7. The fraction of sp³-hybridized carbons (Fsp3) is 0.200. The van der Waals surface area contributed by atoms with Gasteiger partial charge in [-0.3, -0.25) is 4.79 Å². The summed E-state index contributed by atoms with van der Waals surface area (Å²) in [7, 11) is -8.18. The third-order valence-electron chi connectivity index (χ3n) is 6.49. The van der Waals surface area contributed by atoms with E-state index in [0.717, 1.165) is 4.31 Å². The summed E-state index contributed by atoms with van der Waals surface area (Å²) in [4.78, 5) is 25.6. The highest BCUT2D eigenvalue weighted by Gasteiger charge is 2.39. The van der Waals surface area contributed by atoms with Gasteiger partial charge in [-0.25, -0.2) is 31.9 Å². The second-order valence-electron chi connectivity index (χ2n) is 9.17. The first-order chi connectivity index (χ1) is 18.9. The number of aromatic nitrogens is 4. The summed E-state index contributed by atoms with van der Waals surface area (Å²) in [5.41, 5.74) is 2.37. The topological polar surface area (TPSA) is 186 Å². The van der Waals surface area contributed by atoms with Crippen LogP contribution in [0.2, 0.25) is 0 Å². The minimum absolute atomic E-state index is 0.0897. The molecule has 0 bridgehead atoms. The number of primary sulfonamides is 1. The highest BCUT2D eigenvalue weighted by molar-refractivity contribution is 7.89. The average molecular weight is 582 g/mol. The number of carbonyl (C=O) groups is 1. The van der Waals surface area contributed by atoms with Crippen molar-refractivity contribution < 1.29 is 26.4 Å². The fourth-order valence-electron chi connectivity index (χ4n) is 4.52. The normalized spacial score (nSPS) is 16.6. The second-order valence-corrected chi connectivity index (χ2v) is 12.7. The van der Waals surface area contributed by atoms with Gasteiger partial charge in [0.2, 0.25) is 15.8 Å². The van der Waals surface area contributed by atoms with E-state index >= 15 is 0 Å². The number of aromatic amines is 1. The minimum atomic E-state index is -4.09. The molecule has 1 fully saturated rings. The van der Waals surface area contributed by atoms with Crippen LogP contribution in [-0.2, 0) is 20.0 Å². The number of pyridine rings is 1. The first kappa shape index (κ1) is 27.2. The predicted molar refractivity (Wildman–Crippen MR) is 144 cm³/mol. The number of rotatable bonds is 6. The number of benzene rings is 1. The quantitative estimate of drug-likeness (QED) is 0.181. The Bertz CT molecular complexity index is 1850. The molecule has 0 aliphatic carbocycles. The Labute approximate surface area is 230 Å². The third kappa shape index (κ3) is 5.51. The van der Waals surface area contributed by atoms with E-state index < -0.39 is 37.7 Å². The highest BCUT2D eigenvalue weighted by atomic mass is 32.2. The number of hydrogen-bond donors (Lipinski definition) is 2. The summed E-state index contributed by atoms with van der Waals surface area (Å²) in [6.07, 6.45) is 10.9. The molecule has 1 saturated heterocycles. The summed E-state index contributed by atoms with van der Waals surface area (Å²) in [5.74, 6) is 0.961. The van der Waals surface area contributed by atoms with E-state index in [1.807, 2.05) is 0 Å². The zero-order valence-corrected chi connectivity index (χ0v) is 22.5. The van der Waals surface area contributed by atoms with Crippen molar-refractivity contribution >= 4 is 36.9 Å². The lowest BCUT2D eigenvalue weighted by atomic mass is 10.1. The maximum absolute atomic E-state index is 13.5. The van der Waals surface area contributed by atoms with Crippen molar-refractivity contribution in [3.63, 3.8) is 0 Å². The van der Waals surface area contributed by atoms with Crippen molar-refractivity contribution in [1.29, 1.82) is 0 Å². The van der Waals surface area contributed by atoms with Gasteiger partial charge < -0.3 is 15.1 Å². The van der Waals surface area contributed by atoms with Crippen LogP contribution in [0.3, 0.4) is 0 Å². The standard InChI is InChI=1S/C25H23N7O6S2/c1-2-17-3-4-22-19(11-17)12-23(29-22)40(37,38)31-9-10-32(21(15-31)16-39(26,35)36)25(33)24-27-13-20(14-28-24)18-5-7-30(34)8-6-18/h1,3-8,11-14,21,29H,9-10,15-16H2,(H2,26,35,36). The molecule has 4 heterocycles. The second kappa shape index (κ2) is 10.3. The van der Waals surface area contributed by atoms with E-state index in [0.29, 0.717) is 32.3 Å². The number of nitrogens with two attached hydrogens (primary N) is 1. The van der Waals surface area contributed by atoms with E-state index in [9.17, 15) is 26.8 Å². The predicted octanol–water partition coefficient (Wildman–Crippen LogP) is 0.0434. The Hall–Kier alpha value is -4.36. The van der Waals surface area contributed by atoms with E-state index in [-0.39, 0.29) is 30.5 Å². The first-order valence-corrected chi connectivity index (χ1v) is 15.0. The van der Waals surface area contributed by atoms with Crippen LogP contribution >= 0.6 is 0 Å². The molecule has 40 heavy (non-hydrogen) atoms. The largest absolute Gasteiger partial charge is 0.619 e. The monoisotopic (exact) mass is 581 g/mol. The number of carbonyl (C=O) groups excluding carboxylic acids is 1. The Kier molecular flexibility index (Phi) is 7.02. The molecular formula is C25H23N7O6S2. The van der Waals surface area contributed by atoms with Crippen LogP contribution < -0.4 is 9.87 Å². The molecule has 0 radical (unpaired) electrons. The number of H-pyrrole nitrogens is 1. The lowest BCUT2D eigenvalue weighted by molar-refractivity contribution is -0.605. The van der Waals surface area contributed by atoms with E-state index in [2.05, 4.69) is 20.9 Å². The summed E-state index contributed by atoms with van der Waals surface area (Å²) in [6.45, 7) is -0.531. The van der Waals surface area contributed by atoms with Gasteiger partial charge in [0.25, 0.3) is 15.9 Å². The van der Waals surface area contributed by atoms with Gasteiger partial charge in [-0.15, -0.1) is 6.42 Å². The summed E-state index contributed by atoms with van der Waals surface area (Å²) < 4.78 is 52.8. The molecule has 0 spiro atoms. The van der Waals surface area contributed by atoms with Crippen LogP contribution in [0.1, 0.15) is 16.2 Å². The van der Waals surface area contributed by atoms with Crippen molar-refractivity contribution in [3.05, 3.63) is 77.8 Å². The maximum atomic E-state index is 13.5. The Balaban J connectivity index is 1.39. The molecule has 13 nitrogen and oxygen atoms in total. The number of amides is 1. The molecule has 1 aliphatic rings. The Morgan fingerprint density at radius 3 is 2.45 bits per heavy atom. The average Bonchev–Trinajstić information content (AvgIpc) is 3.37. The van der Waals surface area contributed by atoms with Crippen molar-refractivity contribution in [2.24, 2.45) is 5.14 Å². The Morgan fingerprint density at radius 2 is 1.80 bits per heavy atom. The zero-order valence-electron chi connectivity index (χ0n) is 20.8. The Morgan fingerprint density at radius 1 is 1.10 bits per heavy atom. The fourth-order valence-corrected chi connectivity index (χ4v) is 6.82. The number of piperazine rings is 1. The van der Waals surface area contributed by atoms with Crippen molar-refractivity contribution in [2.75, 3.05) is 25.4 Å². The van der Waals surface area contributed by atoms with Crippen molar-refractivity contribution in [2.45, 2.75) is 11.1 Å². The number of hydrogen-bond acceptors (Lipinski definition) is 8. The highest BCUT2D eigenvalue weighted by Crippen LogP contribution is 2.25. The molecule has 206 valence electrons. The molecule has 5 rings (SSSR count). The molecule has 1 aromatic carbocycles.